The standard InChI is InChI=1S/C23H17N5OS/c1-14-20(30-23(25-14)19-8-4-5-13-24-19)22(29)26-16-11-9-15(10-12-16)21-27-17-6-2-3-7-18(17)28-21/h2-13H,1H3,(H,26,29)(H,27,28). The molecule has 0 aliphatic rings. The van der Waals surface area contributed by atoms with Crippen LogP contribution in [-0.2, 0) is 0 Å². The van der Waals surface area contributed by atoms with Crippen LogP contribution in [0.2, 0.25) is 0 Å². The summed E-state index contributed by atoms with van der Waals surface area (Å²) in [5, 5.41) is 3.68. The van der Waals surface area contributed by atoms with Crippen molar-refractivity contribution < 1.29 is 4.79 Å². The Balaban J connectivity index is 1.35. The summed E-state index contributed by atoms with van der Waals surface area (Å²) in [6, 6.07) is 21.2. The molecular weight excluding hydrogens is 394 g/mol. The second kappa shape index (κ2) is 7.53. The second-order valence-electron chi connectivity index (χ2n) is 6.78. The maximum absolute atomic E-state index is 12.8. The number of para-hydroxylation sites is 2. The molecule has 3 heterocycles. The quantitative estimate of drug-likeness (QED) is 0.420. The van der Waals surface area contributed by atoms with Gasteiger partial charge in [0.15, 0.2) is 0 Å². The smallest absolute Gasteiger partial charge is 0.267 e. The predicted octanol–water partition coefficient (Wildman–Crippen LogP) is 5.31. The number of fused-ring (bicyclic) bond motifs is 1. The minimum absolute atomic E-state index is 0.177. The molecule has 0 radical (unpaired) electrons. The van der Waals surface area contributed by atoms with Gasteiger partial charge in [0.1, 0.15) is 15.7 Å². The van der Waals surface area contributed by atoms with E-state index in [0.29, 0.717) is 16.3 Å². The molecular formula is C23H17N5OS. The highest BCUT2D eigenvalue weighted by molar-refractivity contribution is 7.17. The fourth-order valence-corrected chi connectivity index (χ4v) is 4.13. The van der Waals surface area contributed by atoms with E-state index < -0.39 is 0 Å². The molecule has 0 aliphatic carbocycles. The van der Waals surface area contributed by atoms with Crippen molar-refractivity contribution in [3.63, 3.8) is 0 Å². The number of H-pyrrole nitrogens is 1. The summed E-state index contributed by atoms with van der Waals surface area (Å²) in [5.74, 6) is 0.621. The number of carbonyl (C=O) groups excluding carboxylic acids is 1. The van der Waals surface area contributed by atoms with Crippen molar-refractivity contribution in [2.45, 2.75) is 6.92 Å². The number of benzene rings is 2. The van der Waals surface area contributed by atoms with Crippen molar-refractivity contribution in [1.29, 1.82) is 0 Å². The molecule has 0 spiro atoms. The van der Waals surface area contributed by atoms with Gasteiger partial charge in [-0.2, -0.15) is 0 Å². The average Bonchev–Trinajstić information content (AvgIpc) is 3.38. The van der Waals surface area contributed by atoms with Gasteiger partial charge in [-0.25, -0.2) is 9.97 Å². The number of aromatic nitrogens is 4. The number of pyridine rings is 1. The van der Waals surface area contributed by atoms with Crippen LogP contribution in [0.5, 0.6) is 0 Å². The maximum Gasteiger partial charge on any atom is 0.267 e. The van der Waals surface area contributed by atoms with Crippen LogP contribution in [-0.4, -0.2) is 25.8 Å². The first-order chi connectivity index (χ1) is 14.7. The van der Waals surface area contributed by atoms with Crippen molar-refractivity contribution in [2.75, 3.05) is 5.32 Å². The van der Waals surface area contributed by atoms with E-state index in [1.165, 1.54) is 11.3 Å². The van der Waals surface area contributed by atoms with Gasteiger partial charge >= 0.3 is 0 Å². The maximum atomic E-state index is 12.8. The van der Waals surface area contributed by atoms with Crippen LogP contribution in [0.3, 0.4) is 0 Å². The Hall–Kier alpha value is -3.84. The average molecular weight is 411 g/mol. The minimum atomic E-state index is -0.177. The van der Waals surface area contributed by atoms with E-state index >= 15 is 0 Å². The zero-order valence-electron chi connectivity index (χ0n) is 16.1. The minimum Gasteiger partial charge on any atom is -0.338 e. The number of imidazole rings is 1. The number of hydrogen-bond acceptors (Lipinski definition) is 5. The number of amides is 1. The van der Waals surface area contributed by atoms with Gasteiger partial charge in [0.25, 0.3) is 5.91 Å². The van der Waals surface area contributed by atoms with Gasteiger partial charge in [-0.15, -0.1) is 11.3 Å². The van der Waals surface area contributed by atoms with Gasteiger partial charge in [0.2, 0.25) is 0 Å². The van der Waals surface area contributed by atoms with Crippen LogP contribution >= 0.6 is 11.3 Å². The number of anilines is 1. The van der Waals surface area contributed by atoms with Crippen molar-refractivity contribution in [2.24, 2.45) is 0 Å². The molecule has 1 amide bonds. The Morgan fingerprint density at radius 1 is 0.967 bits per heavy atom. The van der Waals surface area contributed by atoms with E-state index in [1.54, 1.807) is 6.20 Å². The Morgan fingerprint density at radius 3 is 2.53 bits per heavy atom. The third-order valence-electron chi connectivity index (χ3n) is 4.69. The van der Waals surface area contributed by atoms with E-state index in [1.807, 2.05) is 73.7 Å². The van der Waals surface area contributed by atoms with Crippen molar-refractivity contribution in [3.05, 3.63) is 83.5 Å². The van der Waals surface area contributed by atoms with Gasteiger partial charge in [0.05, 0.1) is 22.4 Å². The molecule has 2 aromatic carbocycles. The fourth-order valence-electron chi connectivity index (χ4n) is 3.19. The molecule has 7 heteroatoms. The summed E-state index contributed by atoms with van der Waals surface area (Å²) in [7, 11) is 0. The predicted molar refractivity (Wildman–Crippen MR) is 120 cm³/mol. The molecule has 0 fully saturated rings. The summed E-state index contributed by atoms with van der Waals surface area (Å²) >= 11 is 1.34. The largest absolute Gasteiger partial charge is 0.338 e. The molecule has 2 N–H and O–H groups in total. The number of hydrogen-bond donors (Lipinski definition) is 2. The molecule has 0 bridgehead atoms. The number of aryl methyl sites for hydroxylation is 1. The number of thiazole rings is 1. The molecule has 0 atom stereocenters. The summed E-state index contributed by atoms with van der Waals surface area (Å²) in [5.41, 5.74) is 5.04. The van der Waals surface area contributed by atoms with E-state index in [4.69, 9.17) is 0 Å². The van der Waals surface area contributed by atoms with Crippen LogP contribution in [0.1, 0.15) is 15.4 Å². The molecule has 0 aliphatic heterocycles. The number of carbonyl (C=O) groups is 1. The number of nitrogens with zero attached hydrogens (tertiary/aromatic N) is 3. The van der Waals surface area contributed by atoms with E-state index in [2.05, 4.69) is 25.3 Å². The molecule has 5 aromatic rings. The molecule has 30 heavy (non-hydrogen) atoms. The number of rotatable bonds is 4. The van der Waals surface area contributed by atoms with Gasteiger partial charge in [-0.1, -0.05) is 18.2 Å². The van der Waals surface area contributed by atoms with Crippen molar-refractivity contribution in [3.8, 4) is 22.1 Å². The van der Waals surface area contributed by atoms with Gasteiger partial charge in [-0.05, 0) is 55.5 Å². The van der Waals surface area contributed by atoms with Gasteiger partial charge < -0.3 is 10.3 Å². The summed E-state index contributed by atoms with van der Waals surface area (Å²) in [6.07, 6.45) is 1.72. The molecule has 146 valence electrons. The molecule has 0 saturated carbocycles. The molecule has 6 nitrogen and oxygen atoms in total. The lowest BCUT2D eigenvalue weighted by atomic mass is 10.2. The van der Waals surface area contributed by atoms with Gasteiger partial charge in [0, 0.05) is 17.4 Å². The lowest BCUT2D eigenvalue weighted by Crippen LogP contribution is -2.11. The molecule has 0 saturated heterocycles. The van der Waals surface area contributed by atoms with Crippen LogP contribution in [0, 0.1) is 6.92 Å². The summed E-state index contributed by atoms with van der Waals surface area (Å²) < 4.78 is 0. The van der Waals surface area contributed by atoms with Crippen LogP contribution < -0.4 is 5.32 Å². The lowest BCUT2D eigenvalue weighted by molar-refractivity contribution is 0.103. The lowest BCUT2D eigenvalue weighted by Gasteiger charge is -2.05. The molecule has 3 aromatic heterocycles. The monoisotopic (exact) mass is 411 g/mol. The Labute approximate surface area is 176 Å². The van der Waals surface area contributed by atoms with Crippen molar-refractivity contribution in [1.82, 2.24) is 19.9 Å². The topological polar surface area (TPSA) is 83.6 Å². The van der Waals surface area contributed by atoms with Crippen LogP contribution in [0.4, 0.5) is 5.69 Å². The first-order valence-electron chi connectivity index (χ1n) is 9.43. The Kier molecular flexibility index (Phi) is 4.57. The summed E-state index contributed by atoms with van der Waals surface area (Å²) in [4.78, 5) is 30.1. The zero-order chi connectivity index (χ0) is 20.5. The normalized spacial score (nSPS) is 11.0. The highest BCUT2D eigenvalue weighted by Gasteiger charge is 2.17. The highest BCUT2D eigenvalue weighted by Crippen LogP contribution is 2.27. The first-order valence-corrected chi connectivity index (χ1v) is 10.2. The Morgan fingerprint density at radius 2 is 1.77 bits per heavy atom. The molecule has 5 rings (SSSR count). The van der Waals surface area contributed by atoms with Gasteiger partial charge in [-0.3, -0.25) is 9.78 Å². The Bertz CT molecular complexity index is 1310. The summed E-state index contributed by atoms with van der Waals surface area (Å²) in [6.45, 7) is 1.84. The van der Waals surface area contributed by atoms with Crippen LogP contribution in [0.15, 0.2) is 72.9 Å². The number of nitrogens with one attached hydrogen (secondary N) is 2. The zero-order valence-corrected chi connectivity index (χ0v) is 16.9. The van der Waals surface area contributed by atoms with Crippen molar-refractivity contribution >= 4 is 34.0 Å². The number of aromatic amines is 1. The molecule has 0 unspecified atom stereocenters. The van der Waals surface area contributed by atoms with Crippen LogP contribution in [0.25, 0.3) is 33.1 Å². The second-order valence-corrected chi connectivity index (χ2v) is 7.78. The highest BCUT2D eigenvalue weighted by atomic mass is 32.1. The van der Waals surface area contributed by atoms with E-state index in [0.717, 1.165) is 33.1 Å². The third kappa shape index (κ3) is 3.46. The first kappa shape index (κ1) is 18.2. The third-order valence-corrected chi connectivity index (χ3v) is 5.87. The van der Waals surface area contributed by atoms with E-state index in [-0.39, 0.29) is 5.91 Å². The fraction of sp³-hybridized carbons (Fsp3) is 0.0435. The SMILES string of the molecule is Cc1nc(-c2ccccn2)sc1C(=O)Nc1ccc(-c2nc3ccccc3[nH]2)cc1. The van der Waals surface area contributed by atoms with E-state index in [9.17, 15) is 4.79 Å².